The maximum atomic E-state index is 2.43. The van der Waals surface area contributed by atoms with E-state index < -0.39 is 0 Å². The van der Waals surface area contributed by atoms with E-state index in [1.54, 1.807) is 0 Å². The molecule has 0 aliphatic heterocycles. The largest absolute Gasteiger partial charge is 0.341 e. The van der Waals surface area contributed by atoms with Gasteiger partial charge in [0.2, 0.25) is 0 Å². The van der Waals surface area contributed by atoms with E-state index in [1.807, 2.05) is 0 Å². The molecule has 0 unspecified atom stereocenters. The summed E-state index contributed by atoms with van der Waals surface area (Å²) in [6, 6.07) is 22.3. The Morgan fingerprint density at radius 2 is 0.923 bits per heavy atom. The third-order valence-electron chi connectivity index (χ3n) is 5.30. The average molecular weight is 345 g/mol. The number of aryl methyl sites for hydroxylation is 2. The molecule has 0 saturated heterocycles. The summed E-state index contributed by atoms with van der Waals surface area (Å²) >= 11 is 0. The lowest BCUT2D eigenvalue weighted by Gasteiger charge is -2.04. The Kier molecular flexibility index (Phi) is 4.53. The molecule has 0 aliphatic rings. The lowest BCUT2D eigenvalue weighted by Crippen LogP contribution is -1.94. The maximum Gasteiger partial charge on any atom is 0.0499 e. The van der Waals surface area contributed by atoms with Crippen LogP contribution in [-0.2, 0) is 13.1 Å². The van der Waals surface area contributed by atoms with Crippen molar-refractivity contribution < 1.29 is 0 Å². The van der Waals surface area contributed by atoms with Crippen LogP contribution in [0.1, 0.15) is 28.7 Å². The van der Waals surface area contributed by atoms with Gasteiger partial charge < -0.3 is 9.13 Å². The second-order valence-corrected chi connectivity index (χ2v) is 6.41. The number of hydrogen-bond acceptors (Lipinski definition) is 0. The minimum atomic E-state index is 0. The van der Waals surface area contributed by atoms with Crippen LogP contribution in [-0.4, -0.2) is 9.13 Å². The van der Waals surface area contributed by atoms with Crippen LogP contribution in [0.5, 0.6) is 0 Å². The summed E-state index contributed by atoms with van der Waals surface area (Å²) in [4.78, 5) is 0. The quantitative estimate of drug-likeness (QED) is 0.320. The molecule has 0 atom stereocenters. The predicted molar refractivity (Wildman–Crippen MR) is 117 cm³/mol. The fourth-order valence-electron chi connectivity index (χ4n) is 4.27. The van der Waals surface area contributed by atoms with E-state index in [0.717, 1.165) is 13.1 Å². The Balaban J connectivity index is 0.000000980. The first-order valence-corrected chi connectivity index (χ1v) is 8.75. The molecule has 26 heavy (non-hydrogen) atoms. The fourth-order valence-corrected chi connectivity index (χ4v) is 4.27. The molecule has 5 aromatic rings. The monoisotopic (exact) mass is 344 g/mol. The van der Waals surface area contributed by atoms with Gasteiger partial charge in [0.05, 0.1) is 0 Å². The van der Waals surface area contributed by atoms with Crippen LogP contribution in [0.25, 0.3) is 43.6 Å². The highest BCUT2D eigenvalue weighted by atomic mass is 15.0. The van der Waals surface area contributed by atoms with Gasteiger partial charge in [0.1, 0.15) is 0 Å². The zero-order valence-corrected chi connectivity index (χ0v) is 14.1. The molecule has 134 valence electrons. The van der Waals surface area contributed by atoms with Gasteiger partial charge in [0.25, 0.3) is 0 Å². The first-order chi connectivity index (χ1) is 11.8. The zero-order valence-electron chi connectivity index (χ0n) is 14.1. The second kappa shape index (κ2) is 6.53. The zero-order chi connectivity index (χ0) is 16.3. The lowest BCUT2D eigenvalue weighted by molar-refractivity contribution is 0.824. The van der Waals surface area contributed by atoms with Gasteiger partial charge in [-0.05, 0) is 38.1 Å². The van der Waals surface area contributed by atoms with Crippen molar-refractivity contribution in [2.75, 3.05) is 0 Å². The number of rotatable bonds is 2. The highest BCUT2D eigenvalue weighted by Gasteiger charge is 2.15. The minimum Gasteiger partial charge on any atom is -0.341 e. The predicted octanol–water partition coefficient (Wildman–Crippen LogP) is 7.21. The second-order valence-electron chi connectivity index (χ2n) is 6.41. The summed E-state index contributed by atoms with van der Waals surface area (Å²) < 4.78 is 4.87. The highest BCUT2D eigenvalue weighted by molar-refractivity contribution is 6.17. The Bertz CT molecular complexity index is 1120. The topological polar surface area (TPSA) is 9.86 Å². The van der Waals surface area contributed by atoms with Gasteiger partial charge in [0, 0.05) is 56.7 Å². The van der Waals surface area contributed by atoms with Crippen molar-refractivity contribution in [2.45, 2.75) is 41.8 Å². The first kappa shape index (κ1) is 18.1. The van der Waals surface area contributed by atoms with E-state index in [9.17, 15) is 0 Å². The number of aromatic nitrogens is 2. The van der Waals surface area contributed by atoms with E-state index in [4.69, 9.17) is 0 Å². The third-order valence-corrected chi connectivity index (χ3v) is 5.30. The van der Waals surface area contributed by atoms with Crippen LogP contribution in [0.15, 0.2) is 60.7 Å². The summed E-state index contributed by atoms with van der Waals surface area (Å²) in [5.41, 5.74) is 5.33. The molecule has 0 fully saturated rings. The van der Waals surface area contributed by atoms with Gasteiger partial charge in [0.15, 0.2) is 0 Å². The van der Waals surface area contributed by atoms with Gasteiger partial charge >= 0.3 is 0 Å². The molecule has 2 aromatic heterocycles. The number of hydrogen-bond donors (Lipinski definition) is 0. The molecule has 0 radical (unpaired) electrons. The van der Waals surface area contributed by atoms with E-state index in [0.29, 0.717) is 0 Å². The molecule has 2 nitrogen and oxygen atoms in total. The summed E-state index contributed by atoms with van der Waals surface area (Å²) in [7, 11) is 0. The van der Waals surface area contributed by atoms with Crippen LogP contribution >= 0.6 is 0 Å². The van der Waals surface area contributed by atoms with Crippen LogP contribution in [0.2, 0.25) is 0 Å². The number of benzene rings is 3. The van der Waals surface area contributed by atoms with Crippen molar-refractivity contribution in [3.8, 4) is 0 Å². The molecular weight excluding hydrogens is 316 g/mol. The highest BCUT2D eigenvalue weighted by Crippen LogP contribution is 2.36. The normalized spacial score (nSPS) is 11.2. The van der Waals surface area contributed by atoms with Crippen LogP contribution in [0.3, 0.4) is 0 Å². The van der Waals surface area contributed by atoms with Crippen LogP contribution in [0, 0.1) is 0 Å². The maximum absolute atomic E-state index is 2.43. The van der Waals surface area contributed by atoms with E-state index in [-0.39, 0.29) is 14.9 Å². The van der Waals surface area contributed by atoms with Crippen molar-refractivity contribution in [2.24, 2.45) is 0 Å². The summed E-state index contributed by atoms with van der Waals surface area (Å²) in [6.07, 6.45) is 0. The smallest absolute Gasteiger partial charge is 0.0499 e. The summed E-state index contributed by atoms with van der Waals surface area (Å²) in [6.45, 7) is 6.43. The fraction of sp³-hybridized carbons (Fsp3) is 0.250. The first-order valence-electron chi connectivity index (χ1n) is 8.75. The van der Waals surface area contributed by atoms with E-state index in [1.165, 1.54) is 43.6 Å². The lowest BCUT2D eigenvalue weighted by atomic mass is 10.1. The van der Waals surface area contributed by atoms with Crippen molar-refractivity contribution in [3.05, 3.63) is 60.7 Å². The van der Waals surface area contributed by atoms with Crippen molar-refractivity contribution in [1.82, 2.24) is 9.13 Å². The molecule has 2 heteroatoms. The molecule has 3 aromatic carbocycles. The molecule has 0 aliphatic carbocycles. The Morgan fingerprint density at radius 3 is 1.31 bits per heavy atom. The number of nitrogens with zero attached hydrogens (tertiary/aromatic N) is 2. The Labute approximate surface area is 155 Å². The molecule has 0 bridgehead atoms. The van der Waals surface area contributed by atoms with Crippen molar-refractivity contribution in [1.29, 1.82) is 0 Å². The number of fused-ring (bicyclic) bond motifs is 6. The molecule has 0 amide bonds. The molecule has 0 saturated carbocycles. The molecular formula is C24H28N2. The van der Waals surface area contributed by atoms with Crippen LogP contribution < -0.4 is 0 Å². The molecule has 0 spiro atoms. The Morgan fingerprint density at radius 1 is 0.538 bits per heavy atom. The average Bonchev–Trinajstić information content (AvgIpc) is 3.11. The number of para-hydroxylation sites is 2. The molecule has 0 N–H and O–H groups in total. The SMILES string of the molecule is C.C.CCn1c2ccccc2c2cc3c(cc21)c1ccccc1n3CC. The van der Waals surface area contributed by atoms with Gasteiger partial charge in [-0.2, -0.15) is 0 Å². The van der Waals surface area contributed by atoms with Crippen LogP contribution in [0.4, 0.5) is 0 Å². The molecule has 5 rings (SSSR count). The summed E-state index contributed by atoms with van der Waals surface area (Å²) in [5.74, 6) is 0. The third kappa shape index (κ3) is 2.18. The van der Waals surface area contributed by atoms with Crippen molar-refractivity contribution in [3.63, 3.8) is 0 Å². The summed E-state index contributed by atoms with van der Waals surface area (Å²) in [5, 5.41) is 5.42. The van der Waals surface area contributed by atoms with Gasteiger partial charge in [-0.1, -0.05) is 51.3 Å². The molecule has 2 heterocycles. The standard InChI is InChI=1S/C22H20N2.2CH4/c1-3-23-19-11-7-5-9-15(19)17-14-22-18(13-21(17)23)16-10-6-8-12-20(16)24(22)4-2;;/h5-14H,3-4H2,1-2H3;2*1H4. The Hall–Kier alpha value is -2.74. The van der Waals surface area contributed by atoms with Crippen molar-refractivity contribution >= 4 is 43.6 Å². The van der Waals surface area contributed by atoms with Gasteiger partial charge in [-0.3, -0.25) is 0 Å². The van der Waals surface area contributed by atoms with Gasteiger partial charge in [-0.15, -0.1) is 0 Å². The van der Waals surface area contributed by atoms with E-state index in [2.05, 4.69) is 83.6 Å². The van der Waals surface area contributed by atoms with Gasteiger partial charge in [-0.25, -0.2) is 0 Å². The minimum absolute atomic E-state index is 0. The van der Waals surface area contributed by atoms with E-state index >= 15 is 0 Å².